The Balaban J connectivity index is 2.23. The van der Waals surface area contributed by atoms with E-state index in [1.165, 1.54) is 12.1 Å². The van der Waals surface area contributed by atoms with Crippen LogP contribution in [-0.4, -0.2) is 17.3 Å². The monoisotopic (exact) mass is 293 g/mol. The quantitative estimate of drug-likeness (QED) is 0.851. The van der Waals surface area contributed by atoms with E-state index in [4.69, 9.17) is 28.3 Å². The van der Waals surface area contributed by atoms with Crippen LogP contribution in [0.4, 0.5) is 5.69 Å². The molecule has 0 bridgehead atoms. The number of carboxylic acid groups (broad SMARTS) is 1. The average molecular weight is 294 g/mol. The van der Waals surface area contributed by atoms with Crippen LogP contribution < -0.4 is 0 Å². The first kappa shape index (κ1) is 13.6. The molecule has 0 heterocycles. The average Bonchev–Trinajstić information content (AvgIpc) is 2.41. The summed E-state index contributed by atoms with van der Waals surface area (Å²) in [4.78, 5) is 14.9. The number of aromatic carboxylic acids is 1. The minimum absolute atomic E-state index is 0.234. The molecule has 0 unspecified atom stereocenters. The van der Waals surface area contributed by atoms with Gasteiger partial charge in [0.15, 0.2) is 0 Å². The molecule has 0 fully saturated rings. The number of hydrogen-bond donors (Lipinski definition) is 1. The van der Waals surface area contributed by atoms with E-state index in [0.29, 0.717) is 15.7 Å². The third-order valence-electron chi connectivity index (χ3n) is 2.44. The second-order valence-electron chi connectivity index (χ2n) is 3.76. The van der Waals surface area contributed by atoms with E-state index in [1.54, 1.807) is 36.5 Å². The molecule has 19 heavy (non-hydrogen) atoms. The lowest BCUT2D eigenvalue weighted by atomic mass is 10.1. The number of hydrogen-bond acceptors (Lipinski definition) is 2. The van der Waals surface area contributed by atoms with Gasteiger partial charge in [-0.2, -0.15) is 0 Å². The maximum Gasteiger partial charge on any atom is 0.335 e. The molecule has 0 aliphatic rings. The van der Waals surface area contributed by atoms with Crippen molar-refractivity contribution in [1.82, 2.24) is 0 Å². The second-order valence-corrected chi connectivity index (χ2v) is 4.54. The molecule has 0 aliphatic carbocycles. The Morgan fingerprint density at radius 2 is 1.79 bits per heavy atom. The fourth-order valence-electron chi connectivity index (χ4n) is 1.45. The molecule has 0 spiro atoms. The molecule has 2 rings (SSSR count). The fraction of sp³-hybridized carbons (Fsp3) is 0. The summed E-state index contributed by atoms with van der Waals surface area (Å²) in [5.74, 6) is -0.957. The predicted octanol–water partition coefficient (Wildman–Crippen LogP) is 4.44. The summed E-state index contributed by atoms with van der Waals surface area (Å²) in [6, 6.07) is 11.6. The molecule has 2 aromatic rings. The van der Waals surface area contributed by atoms with Crippen molar-refractivity contribution in [3.8, 4) is 0 Å². The normalized spacial score (nSPS) is 10.8. The van der Waals surface area contributed by atoms with Crippen LogP contribution in [0, 0.1) is 0 Å². The highest BCUT2D eigenvalue weighted by Crippen LogP contribution is 2.31. The molecule has 0 amide bonds. The zero-order chi connectivity index (χ0) is 13.8. The van der Waals surface area contributed by atoms with Crippen LogP contribution in [0.3, 0.4) is 0 Å². The van der Waals surface area contributed by atoms with E-state index < -0.39 is 5.97 Å². The molecular weight excluding hydrogens is 285 g/mol. The zero-order valence-corrected chi connectivity index (χ0v) is 11.2. The SMILES string of the molecule is O=C(O)c1ccc(/C=N/c2cccc(Cl)c2Cl)cc1. The van der Waals surface area contributed by atoms with E-state index >= 15 is 0 Å². The highest BCUT2D eigenvalue weighted by Gasteiger charge is 2.03. The van der Waals surface area contributed by atoms with Gasteiger partial charge in [-0.1, -0.05) is 41.4 Å². The lowest BCUT2D eigenvalue weighted by Crippen LogP contribution is -1.95. The first-order chi connectivity index (χ1) is 9.08. The van der Waals surface area contributed by atoms with Crippen molar-refractivity contribution in [2.24, 2.45) is 4.99 Å². The third-order valence-corrected chi connectivity index (χ3v) is 3.25. The van der Waals surface area contributed by atoms with Gasteiger partial charge < -0.3 is 5.11 Å². The summed E-state index contributed by atoms with van der Waals surface area (Å²) in [5, 5.41) is 9.62. The van der Waals surface area contributed by atoms with Gasteiger partial charge in [0.1, 0.15) is 0 Å². The van der Waals surface area contributed by atoms with Gasteiger partial charge in [0.2, 0.25) is 0 Å². The van der Waals surface area contributed by atoms with Crippen LogP contribution in [0.25, 0.3) is 0 Å². The third kappa shape index (κ3) is 3.34. The van der Waals surface area contributed by atoms with Crippen molar-refractivity contribution < 1.29 is 9.90 Å². The van der Waals surface area contributed by atoms with Crippen molar-refractivity contribution in [1.29, 1.82) is 0 Å². The Labute approximate surface area is 120 Å². The number of aliphatic imine (C=N–C) groups is 1. The highest BCUT2D eigenvalue weighted by molar-refractivity contribution is 6.43. The molecule has 0 radical (unpaired) electrons. The first-order valence-electron chi connectivity index (χ1n) is 5.39. The van der Waals surface area contributed by atoms with Crippen molar-refractivity contribution in [3.63, 3.8) is 0 Å². The summed E-state index contributed by atoms with van der Waals surface area (Å²) in [7, 11) is 0. The summed E-state index contributed by atoms with van der Waals surface area (Å²) < 4.78 is 0. The summed E-state index contributed by atoms with van der Waals surface area (Å²) in [6.45, 7) is 0. The number of halogens is 2. The van der Waals surface area contributed by atoms with Gasteiger partial charge in [-0.25, -0.2) is 4.79 Å². The summed E-state index contributed by atoms with van der Waals surface area (Å²) >= 11 is 11.9. The number of rotatable bonds is 3. The lowest BCUT2D eigenvalue weighted by Gasteiger charge is -2.00. The Bertz CT molecular complexity index is 636. The van der Waals surface area contributed by atoms with Gasteiger partial charge in [0.05, 0.1) is 21.3 Å². The highest BCUT2D eigenvalue weighted by atomic mass is 35.5. The number of nitrogens with zero attached hydrogens (tertiary/aromatic N) is 1. The van der Waals surface area contributed by atoms with Crippen LogP contribution in [0.2, 0.25) is 10.0 Å². The smallest absolute Gasteiger partial charge is 0.335 e. The van der Waals surface area contributed by atoms with Crippen LogP contribution in [-0.2, 0) is 0 Å². The van der Waals surface area contributed by atoms with Gasteiger partial charge in [0, 0.05) is 6.21 Å². The number of benzene rings is 2. The Kier molecular flexibility index (Phi) is 4.20. The fourth-order valence-corrected chi connectivity index (χ4v) is 1.79. The minimum atomic E-state index is -0.957. The zero-order valence-electron chi connectivity index (χ0n) is 9.68. The van der Waals surface area contributed by atoms with E-state index in [0.717, 1.165) is 5.56 Å². The molecule has 0 aliphatic heterocycles. The van der Waals surface area contributed by atoms with Crippen LogP contribution >= 0.6 is 23.2 Å². The van der Waals surface area contributed by atoms with Crippen LogP contribution in [0.5, 0.6) is 0 Å². The van der Waals surface area contributed by atoms with Crippen LogP contribution in [0.15, 0.2) is 47.5 Å². The maximum atomic E-state index is 10.7. The van der Waals surface area contributed by atoms with Gasteiger partial charge >= 0.3 is 5.97 Å². The predicted molar refractivity (Wildman–Crippen MR) is 77.1 cm³/mol. The van der Waals surface area contributed by atoms with E-state index in [2.05, 4.69) is 4.99 Å². The van der Waals surface area contributed by atoms with Crippen molar-refractivity contribution in [3.05, 3.63) is 63.6 Å². The van der Waals surface area contributed by atoms with Crippen molar-refractivity contribution in [2.45, 2.75) is 0 Å². The van der Waals surface area contributed by atoms with E-state index in [1.807, 2.05) is 0 Å². The van der Waals surface area contributed by atoms with Crippen molar-refractivity contribution >= 4 is 41.1 Å². The van der Waals surface area contributed by atoms with E-state index in [9.17, 15) is 4.79 Å². The van der Waals surface area contributed by atoms with Crippen molar-refractivity contribution in [2.75, 3.05) is 0 Å². The van der Waals surface area contributed by atoms with Gasteiger partial charge in [0.25, 0.3) is 0 Å². The number of carbonyl (C=O) groups is 1. The molecule has 3 nitrogen and oxygen atoms in total. The molecule has 96 valence electrons. The first-order valence-corrected chi connectivity index (χ1v) is 6.15. The summed E-state index contributed by atoms with van der Waals surface area (Å²) in [5.41, 5.74) is 1.58. The molecule has 5 heteroatoms. The Morgan fingerprint density at radius 3 is 2.42 bits per heavy atom. The van der Waals surface area contributed by atoms with E-state index in [-0.39, 0.29) is 5.56 Å². The molecule has 0 atom stereocenters. The maximum absolute atomic E-state index is 10.7. The second kappa shape index (κ2) is 5.87. The molecule has 0 aromatic heterocycles. The molecule has 0 saturated heterocycles. The van der Waals surface area contributed by atoms with Gasteiger partial charge in [-0.05, 0) is 29.8 Å². The van der Waals surface area contributed by atoms with Gasteiger partial charge in [-0.15, -0.1) is 0 Å². The lowest BCUT2D eigenvalue weighted by molar-refractivity contribution is 0.0697. The minimum Gasteiger partial charge on any atom is -0.478 e. The molecular formula is C14H9Cl2NO2. The standard InChI is InChI=1S/C14H9Cl2NO2/c15-11-2-1-3-12(13(11)16)17-8-9-4-6-10(7-5-9)14(18)19/h1-8H,(H,18,19)/b17-8+. The largest absolute Gasteiger partial charge is 0.478 e. The summed E-state index contributed by atoms with van der Waals surface area (Å²) in [6.07, 6.45) is 1.60. The van der Waals surface area contributed by atoms with Crippen LogP contribution in [0.1, 0.15) is 15.9 Å². The molecule has 2 aromatic carbocycles. The van der Waals surface area contributed by atoms with Gasteiger partial charge in [-0.3, -0.25) is 4.99 Å². The number of carboxylic acids is 1. The topological polar surface area (TPSA) is 49.7 Å². The Hall–Kier alpha value is -1.84. The Morgan fingerprint density at radius 1 is 1.11 bits per heavy atom. The molecule has 1 N–H and O–H groups in total. The molecule has 0 saturated carbocycles.